The van der Waals surface area contributed by atoms with Gasteiger partial charge < -0.3 is 4.90 Å². The van der Waals surface area contributed by atoms with E-state index in [0.29, 0.717) is 22.5 Å². The van der Waals surface area contributed by atoms with Gasteiger partial charge in [0.05, 0.1) is 30.8 Å². The number of nitrogens with zero attached hydrogens (tertiary/aromatic N) is 5. The van der Waals surface area contributed by atoms with Crippen molar-refractivity contribution in [1.29, 1.82) is 10.5 Å². The van der Waals surface area contributed by atoms with Crippen molar-refractivity contribution in [1.82, 2.24) is 0 Å². The first-order chi connectivity index (χ1) is 26.0. The number of hydrogen-bond donors (Lipinski definition) is 0. The van der Waals surface area contributed by atoms with Crippen LogP contribution in [0.2, 0.25) is 0 Å². The van der Waals surface area contributed by atoms with E-state index in [1.165, 1.54) is 20.2 Å². The van der Waals surface area contributed by atoms with Crippen LogP contribution in [0.3, 0.4) is 0 Å². The van der Waals surface area contributed by atoms with Crippen LogP contribution in [-0.4, -0.2) is 0 Å². The van der Waals surface area contributed by atoms with Gasteiger partial charge in [-0.2, -0.15) is 10.5 Å². The summed E-state index contributed by atoms with van der Waals surface area (Å²) in [6.45, 7) is 15.1. The fraction of sp³-hybridized carbons (Fsp3) is 0. The first-order valence-electron chi connectivity index (χ1n) is 16.7. The number of benzene rings is 7. The van der Waals surface area contributed by atoms with Crippen LogP contribution in [0.4, 0.5) is 28.4 Å². The molecule has 0 saturated heterocycles. The summed E-state index contributed by atoms with van der Waals surface area (Å²) in [7, 11) is 0. The van der Waals surface area contributed by atoms with Gasteiger partial charge in [-0.25, -0.2) is 9.69 Å². The fourth-order valence-corrected chi connectivity index (χ4v) is 9.31. The summed E-state index contributed by atoms with van der Waals surface area (Å²) in [5.41, 5.74) is 8.97. The molecule has 0 unspecified atom stereocenters. The number of anilines is 3. The van der Waals surface area contributed by atoms with Crippen molar-refractivity contribution in [2.75, 3.05) is 4.90 Å². The molecule has 7 aromatic carbocycles. The van der Waals surface area contributed by atoms with E-state index in [0.717, 1.165) is 59.5 Å². The van der Waals surface area contributed by atoms with Crippen LogP contribution in [0.5, 0.6) is 0 Å². The topological polar surface area (TPSA) is 59.5 Å². The third kappa shape index (κ3) is 5.61. The molecule has 9 rings (SSSR count). The van der Waals surface area contributed by atoms with Gasteiger partial charge in [0.2, 0.25) is 0 Å². The minimum absolute atomic E-state index is 0.399. The Morgan fingerprint density at radius 1 is 0.415 bits per heavy atom. The van der Waals surface area contributed by atoms with Crippen molar-refractivity contribution in [2.45, 2.75) is 0 Å². The standard InChI is InChI=1S/C46H23N5S2/c1-49-34-10-18-42-41-17-9-33(23-45(41)53-46(42)25-34)31-6-13-37(14-7-31)51(38-20-29(27-48)19-35(24-38)50-2)36-11-4-30(5-12-36)32-8-16-40-39-15-3-28(26-47)21-43(39)52-44(40)22-32/h3-25H. The van der Waals surface area contributed by atoms with Gasteiger partial charge in [-0.15, -0.1) is 22.7 Å². The highest BCUT2D eigenvalue weighted by molar-refractivity contribution is 7.26. The van der Waals surface area contributed by atoms with Crippen LogP contribution in [0.25, 0.3) is 72.3 Å². The van der Waals surface area contributed by atoms with E-state index in [1.807, 2.05) is 48.5 Å². The zero-order valence-electron chi connectivity index (χ0n) is 27.8. The molecule has 0 radical (unpaired) electrons. The van der Waals surface area contributed by atoms with E-state index in [2.05, 4.69) is 112 Å². The molecule has 0 aliphatic carbocycles. The number of hydrogen-bond acceptors (Lipinski definition) is 5. The number of fused-ring (bicyclic) bond motifs is 6. The maximum atomic E-state index is 9.83. The number of rotatable bonds is 5. The van der Waals surface area contributed by atoms with E-state index in [9.17, 15) is 10.5 Å². The molecular weight excluding hydrogens is 687 g/mol. The molecule has 0 bridgehead atoms. The van der Waals surface area contributed by atoms with E-state index >= 15 is 0 Å². The predicted molar refractivity (Wildman–Crippen MR) is 220 cm³/mol. The largest absolute Gasteiger partial charge is 0.312 e. The van der Waals surface area contributed by atoms with E-state index in [1.54, 1.807) is 28.7 Å². The Morgan fingerprint density at radius 3 is 1.42 bits per heavy atom. The van der Waals surface area contributed by atoms with Crippen molar-refractivity contribution in [3.05, 3.63) is 173 Å². The molecule has 2 aromatic heterocycles. The average Bonchev–Trinajstić information content (AvgIpc) is 3.77. The molecule has 0 fully saturated rings. The lowest BCUT2D eigenvalue weighted by Crippen LogP contribution is -2.10. The SMILES string of the molecule is [C-]#[N+]c1cc(C#N)cc(N(c2ccc(-c3ccc4c(c3)sc3cc(C#N)ccc34)cc2)c2ccc(-c3ccc4c(c3)sc3cc([N+]#[C-])ccc34)cc2)c1. The molecule has 5 nitrogen and oxygen atoms in total. The molecule has 244 valence electrons. The molecule has 0 saturated carbocycles. The van der Waals surface area contributed by atoms with Gasteiger partial charge in [0.15, 0.2) is 11.4 Å². The highest BCUT2D eigenvalue weighted by atomic mass is 32.1. The van der Waals surface area contributed by atoms with Gasteiger partial charge in [-0.05, 0) is 100 Å². The zero-order chi connectivity index (χ0) is 36.1. The highest BCUT2D eigenvalue weighted by Crippen LogP contribution is 2.42. The number of thiophene rings is 2. The van der Waals surface area contributed by atoms with Gasteiger partial charge >= 0.3 is 0 Å². The third-order valence-corrected chi connectivity index (χ3v) is 11.8. The summed E-state index contributed by atoms with van der Waals surface area (Å²) >= 11 is 3.39. The Morgan fingerprint density at radius 2 is 0.887 bits per heavy atom. The fourth-order valence-electron chi connectivity index (χ4n) is 6.95. The third-order valence-electron chi connectivity index (χ3n) is 9.53. The molecule has 0 aliphatic heterocycles. The lowest BCUT2D eigenvalue weighted by atomic mass is 10.0. The first-order valence-corrected chi connectivity index (χ1v) is 18.3. The second-order valence-corrected chi connectivity index (χ2v) is 14.8. The molecule has 0 spiro atoms. The molecular formula is C46H23N5S2. The second kappa shape index (κ2) is 12.8. The van der Waals surface area contributed by atoms with Gasteiger partial charge in [-0.3, -0.25) is 0 Å². The quantitative estimate of drug-likeness (QED) is 0.167. The van der Waals surface area contributed by atoms with Gasteiger partial charge in [0.1, 0.15) is 0 Å². The van der Waals surface area contributed by atoms with Gasteiger partial charge in [-0.1, -0.05) is 66.7 Å². The minimum atomic E-state index is 0.399. The van der Waals surface area contributed by atoms with Gasteiger partial charge in [0, 0.05) is 57.6 Å². The van der Waals surface area contributed by atoms with Crippen molar-refractivity contribution < 1.29 is 0 Å². The van der Waals surface area contributed by atoms with Crippen LogP contribution in [0.15, 0.2) is 140 Å². The number of nitriles is 2. The molecule has 9 aromatic rings. The molecule has 53 heavy (non-hydrogen) atoms. The Balaban J connectivity index is 1.09. The summed E-state index contributed by atoms with van der Waals surface area (Å²) in [6, 6.07) is 51.1. The molecule has 2 heterocycles. The Kier molecular flexibility index (Phi) is 7.66. The van der Waals surface area contributed by atoms with E-state index in [4.69, 9.17) is 13.1 Å². The minimum Gasteiger partial charge on any atom is -0.312 e. The maximum absolute atomic E-state index is 9.83. The van der Waals surface area contributed by atoms with Gasteiger partial charge in [0.25, 0.3) is 0 Å². The normalized spacial score (nSPS) is 10.9. The monoisotopic (exact) mass is 709 g/mol. The predicted octanol–water partition coefficient (Wildman–Crippen LogP) is 14.1. The molecule has 0 aliphatic rings. The van der Waals surface area contributed by atoms with Crippen molar-refractivity contribution >= 4 is 91.5 Å². The summed E-state index contributed by atoms with van der Waals surface area (Å²) < 4.78 is 4.55. The average molecular weight is 710 g/mol. The summed E-state index contributed by atoms with van der Waals surface area (Å²) in [6.07, 6.45) is 0. The molecule has 0 amide bonds. The Hall–Kier alpha value is -7.26. The Bertz CT molecular complexity index is 2900. The highest BCUT2D eigenvalue weighted by Gasteiger charge is 2.16. The van der Waals surface area contributed by atoms with Crippen LogP contribution < -0.4 is 4.90 Å². The second-order valence-electron chi connectivity index (χ2n) is 12.6. The lowest BCUT2D eigenvalue weighted by molar-refractivity contribution is 1.28. The molecule has 0 N–H and O–H groups in total. The molecule has 0 atom stereocenters. The maximum Gasteiger partial charge on any atom is 0.190 e. The Labute approximate surface area is 313 Å². The first kappa shape index (κ1) is 31.7. The van der Waals surface area contributed by atoms with Crippen LogP contribution in [-0.2, 0) is 0 Å². The van der Waals surface area contributed by atoms with Crippen LogP contribution in [0.1, 0.15) is 11.1 Å². The zero-order valence-corrected chi connectivity index (χ0v) is 29.5. The van der Waals surface area contributed by atoms with Crippen molar-refractivity contribution in [2.24, 2.45) is 0 Å². The van der Waals surface area contributed by atoms with E-state index < -0.39 is 0 Å². The lowest BCUT2D eigenvalue weighted by Gasteiger charge is -2.26. The summed E-state index contributed by atoms with van der Waals surface area (Å²) in [5, 5.41) is 23.9. The summed E-state index contributed by atoms with van der Waals surface area (Å²) in [4.78, 5) is 9.34. The van der Waals surface area contributed by atoms with E-state index in [-0.39, 0.29) is 0 Å². The molecule has 7 heteroatoms. The van der Waals surface area contributed by atoms with Crippen LogP contribution in [0, 0.1) is 35.8 Å². The summed E-state index contributed by atoms with van der Waals surface area (Å²) in [5.74, 6) is 0. The smallest absolute Gasteiger partial charge is 0.190 e. The van der Waals surface area contributed by atoms with Crippen molar-refractivity contribution in [3.63, 3.8) is 0 Å². The van der Waals surface area contributed by atoms with Crippen LogP contribution >= 0.6 is 22.7 Å². The van der Waals surface area contributed by atoms with Crippen molar-refractivity contribution in [3.8, 4) is 34.4 Å².